The number of likely N-dealkylation sites (N-methyl/N-ethyl adjacent to an activating group) is 1. The predicted molar refractivity (Wildman–Crippen MR) is 59.1 cm³/mol. The van der Waals surface area contributed by atoms with Crippen molar-refractivity contribution in [2.75, 3.05) is 13.6 Å². The van der Waals surface area contributed by atoms with Crippen LogP contribution in [0.3, 0.4) is 0 Å². The zero-order valence-electron chi connectivity index (χ0n) is 9.17. The third kappa shape index (κ3) is 3.61. The van der Waals surface area contributed by atoms with Gasteiger partial charge in [0.2, 0.25) is 0 Å². The Morgan fingerprint density at radius 3 is 2.65 bits per heavy atom. The van der Waals surface area contributed by atoms with Gasteiger partial charge in [0.1, 0.15) is 0 Å². The number of nitrogens with zero attached hydrogens (tertiary/aromatic N) is 1. The number of benzene rings is 1. The molecule has 0 aliphatic rings. The summed E-state index contributed by atoms with van der Waals surface area (Å²) in [6, 6.07) is 5.23. The SMILES string of the molecule is CNCC=Cc1ccc(C#N)cc1C(F)(F)F. The number of nitriles is 1. The number of hydrogen-bond donors (Lipinski definition) is 1. The molecule has 0 atom stereocenters. The summed E-state index contributed by atoms with van der Waals surface area (Å²) in [5.74, 6) is 0. The Labute approximate surface area is 97.4 Å². The maximum atomic E-state index is 12.7. The van der Waals surface area contributed by atoms with Gasteiger partial charge in [-0.15, -0.1) is 0 Å². The highest BCUT2D eigenvalue weighted by molar-refractivity contribution is 5.57. The van der Waals surface area contributed by atoms with Gasteiger partial charge in [-0.25, -0.2) is 0 Å². The second-order valence-corrected chi connectivity index (χ2v) is 3.37. The number of halogens is 3. The maximum Gasteiger partial charge on any atom is 0.417 e. The lowest BCUT2D eigenvalue weighted by molar-refractivity contribution is -0.137. The topological polar surface area (TPSA) is 35.8 Å². The first-order valence-corrected chi connectivity index (χ1v) is 4.91. The largest absolute Gasteiger partial charge is 0.417 e. The molecule has 0 saturated heterocycles. The van der Waals surface area contributed by atoms with Crippen LogP contribution in [0.2, 0.25) is 0 Å². The Balaban J connectivity index is 3.17. The van der Waals surface area contributed by atoms with Crippen molar-refractivity contribution in [2.45, 2.75) is 6.18 Å². The van der Waals surface area contributed by atoms with E-state index in [2.05, 4.69) is 5.32 Å². The monoisotopic (exact) mass is 240 g/mol. The van der Waals surface area contributed by atoms with Crippen LogP contribution in [0.5, 0.6) is 0 Å². The van der Waals surface area contributed by atoms with Crippen LogP contribution in [-0.2, 0) is 6.18 Å². The molecular formula is C12H11F3N2. The van der Waals surface area contributed by atoms with Crippen LogP contribution in [0, 0.1) is 11.3 Å². The van der Waals surface area contributed by atoms with Gasteiger partial charge < -0.3 is 5.32 Å². The Morgan fingerprint density at radius 1 is 1.41 bits per heavy atom. The highest BCUT2D eigenvalue weighted by atomic mass is 19.4. The molecule has 17 heavy (non-hydrogen) atoms. The second kappa shape index (κ2) is 5.51. The summed E-state index contributed by atoms with van der Waals surface area (Å²) in [6.07, 6.45) is -1.47. The van der Waals surface area contributed by atoms with Crippen LogP contribution in [0.25, 0.3) is 6.08 Å². The number of hydrogen-bond acceptors (Lipinski definition) is 2. The average Bonchev–Trinajstić information content (AvgIpc) is 2.28. The highest BCUT2D eigenvalue weighted by Gasteiger charge is 2.32. The summed E-state index contributed by atoms with van der Waals surface area (Å²) in [4.78, 5) is 0. The van der Waals surface area contributed by atoms with E-state index in [0.29, 0.717) is 6.54 Å². The Bertz CT molecular complexity index is 456. The minimum Gasteiger partial charge on any atom is -0.316 e. The average molecular weight is 240 g/mol. The lowest BCUT2D eigenvalue weighted by atomic mass is 10.0. The van der Waals surface area contributed by atoms with Crippen LogP contribution in [0.1, 0.15) is 16.7 Å². The van der Waals surface area contributed by atoms with Crippen molar-refractivity contribution in [3.63, 3.8) is 0 Å². The molecular weight excluding hydrogens is 229 g/mol. The van der Waals surface area contributed by atoms with E-state index < -0.39 is 11.7 Å². The van der Waals surface area contributed by atoms with Gasteiger partial charge in [-0.3, -0.25) is 0 Å². The van der Waals surface area contributed by atoms with Crippen LogP contribution < -0.4 is 5.32 Å². The summed E-state index contributed by atoms with van der Waals surface area (Å²) in [5, 5.41) is 11.4. The van der Waals surface area contributed by atoms with Gasteiger partial charge >= 0.3 is 6.18 Å². The van der Waals surface area contributed by atoms with Crippen molar-refractivity contribution in [1.82, 2.24) is 5.32 Å². The van der Waals surface area contributed by atoms with E-state index in [-0.39, 0.29) is 11.1 Å². The summed E-state index contributed by atoms with van der Waals surface area (Å²) >= 11 is 0. The normalized spacial score (nSPS) is 11.7. The minimum absolute atomic E-state index is 0.00286. The molecule has 0 bridgehead atoms. The van der Waals surface area contributed by atoms with Crippen LogP contribution in [0.4, 0.5) is 13.2 Å². The fourth-order valence-electron chi connectivity index (χ4n) is 1.32. The second-order valence-electron chi connectivity index (χ2n) is 3.37. The molecule has 0 spiro atoms. The van der Waals surface area contributed by atoms with Crippen LogP contribution in [0.15, 0.2) is 24.3 Å². The standard InChI is InChI=1S/C12H11F3N2/c1-17-6-2-3-10-5-4-9(8-16)7-11(10)12(13,14)15/h2-5,7,17H,6H2,1H3. The molecule has 90 valence electrons. The number of nitrogens with one attached hydrogen (secondary N) is 1. The molecule has 0 aliphatic carbocycles. The molecule has 0 amide bonds. The van der Waals surface area contributed by atoms with E-state index in [4.69, 9.17) is 5.26 Å². The molecule has 0 saturated carbocycles. The predicted octanol–water partition coefficient (Wildman–Crippen LogP) is 2.81. The van der Waals surface area contributed by atoms with Crippen molar-refractivity contribution in [2.24, 2.45) is 0 Å². The lowest BCUT2D eigenvalue weighted by Gasteiger charge is -2.10. The van der Waals surface area contributed by atoms with E-state index in [1.807, 2.05) is 0 Å². The van der Waals surface area contributed by atoms with E-state index in [0.717, 1.165) is 6.07 Å². The Hall–Kier alpha value is -1.80. The van der Waals surface area contributed by atoms with E-state index in [1.54, 1.807) is 19.2 Å². The molecule has 2 nitrogen and oxygen atoms in total. The number of rotatable bonds is 3. The van der Waals surface area contributed by atoms with Crippen molar-refractivity contribution in [3.8, 4) is 6.07 Å². The quantitative estimate of drug-likeness (QED) is 0.881. The van der Waals surface area contributed by atoms with Crippen LogP contribution >= 0.6 is 0 Å². The molecule has 0 heterocycles. The molecule has 0 radical (unpaired) electrons. The third-order valence-electron chi connectivity index (χ3n) is 2.11. The summed E-state index contributed by atoms with van der Waals surface area (Å²) in [6.45, 7) is 0.483. The molecule has 5 heteroatoms. The minimum atomic E-state index is -4.45. The fraction of sp³-hybridized carbons (Fsp3) is 0.250. The third-order valence-corrected chi connectivity index (χ3v) is 2.11. The smallest absolute Gasteiger partial charge is 0.316 e. The molecule has 1 rings (SSSR count). The molecule has 1 N–H and O–H groups in total. The van der Waals surface area contributed by atoms with E-state index in [9.17, 15) is 13.2 Å². The van der Waals surface area contributed by atoms with Gasteiger partial charge in [-0.2, -0.15) is 18.4 Å². The van der Waals surface area contributed by atoms with Crippen LogP contribution in [-0.4, -0.2) is 13.6 Å². The summed E-state index contributed by atoms with van der Waals surface area (Å²) in [5.41, 5.74) is -0.723. The molecule has 1 aromatic carbocycles. The van der Waals surface area contributed by atoms with Crippen molar-refractivity contribution in [3.05, 3.63) is 41.0 Å². The van der Waals surface area contributed by atoms with Gasteiger partial charge in [0.05, 0.1) is 17.2 Å². The highest BCUT2D eigenvalue weighted by Crippen LogP contribution is 2.33. The summed E-state index contributed by atoms with van der Waals surface area (Å²) in [7, 11) is 1.70. The van der Waals surface area contributed by atoms with Gasteiger partial charge in [0, 0.05) is 6.54 Å². The first kappa shape index (κ1) is 13.3. The van der Waals surface area contributed by atoms with Gasteiger partial charge in [-0.05, 0) is 24.7 Å². The fourth-order valence-corrected chi connectivity index (χ4v) is 1.32. The first-order valence-electron chi connectivity index (χ1n) is 4.91. The van der Waals surface area contributed by atoms with Gasteiger partial charge in [0.15, 0.2) is 0 Å². The molecule has 0 aromatic heterocycles. The lowest BCUT2D eigenvalue weighted by Crippen LogP contribution is -2.08. The molecule has 0 unspecified atom stereocenters. The molecule has 0 fully saturated rings. The Kier molecular flexibility index (Phi) is 4.30. The van der Waals surface area contributed by atoms with E-state index in [1.165, 1.54) is 18.2 Å². The van der Waals surface area contributed by atoms with Crippen molar-refractivity contribution in [1.29, 1.82) is 5.26 Å². The Morgan fingerprint density at radius 2 is 2.12 bits per heavy atom. The van der Waals surface area contributed by atoms with Crippen molar-refractivity contribution >= 4 is 6.08 Å². The number of alkyl halides is 3. The first-order chi connectivity index (χ1) is 7.99. The summed E-state index contributed by atoms with van der Waals surface area (Å²) < 4.78 is 38.1. The van der Waals surface area contributed by atoms with Crippen molar-refractivity contribution < 1.29 is 13.2 Å². The maximum absolute atomic E-state index is 12.7. The van der Waals surface area contributed by atoms with Gasteiger partial charge in [0.25, 0.3) is 0 Å². The molecule has 1 aromatic rings. The van der Waals surface area contributed by atoms with E-state index >= 15 is 0 Å². The molecule has 0 aliphatic heterocycles. The zero-order valence-corrected chi connectivity index (χ0v) is 9.17. The van der Waals surface area contributed by atoms with Gasteiger partial charge in [-0.1, -0.05) is 18.2 Å². The zero-order chi connectivity index (χ0) is 12.9.